The van der Waals surface area contributed by atoms with E-state index in [4.69, 9.17) is 5.73 Å². The Kier molecular flexibility index (Phi) is 6.28. The third-order valence-corrected chi connectivity index (χ3v) is 4.61. The van der Waals surface area contributed by atoms with Crippen molar-refractivity contribution in [2.45, 2.75) is 44.0 Å². The van der Waals surface area contributed by atoms with Crippen molar-refractivity contribution < 1.29 is 8.42 Å². The maximum absolute atomic E-state index is 12.0. The lowest BCUT2D eigenvalue weighted by atomic mass is 9.95. The number of H-pyrrole nitrogens is 1. The molecule has 0 aliphatic heterocycles. The van der Waals surface area contributed by atoms with Crippen molar-refractivity contribution in [3.63, 3.8) is 0 Å². The molecule has 106 valence electrons. The molecule has 0 aromatic carbocycles. The molecular formula is C10H21ClN4O2S. The second-order valence-electron chi connectivity index (χ2n) is 4.25. The van der Waals surface area contributed by atoms with Crippen LogP contribution in [0.1, 0.15) is 32.4 Å². The predicted octanol–water partition coefficient (Wildman–Crippen LogP) is 0.936. The van der Waals surface area contributed by atoms with Gasteiger partial charge in [0.25, 0.3) is 0 Å². The van der Waals surface area contributed by atoms with Gasteiger partial charge in [-0.25, -0.2) is 13.1 Å². The van der Waals surface area contributed by atoms with E-state index < -0.39 is 15.6 Å². The number of nitrogens with two attached hydrogens (primary N) is 1. The lowest BCUT2D eigenvalue weighted by molar-refractivity contribution is 0.391. The third kappa shape index (κ3) is 3.94. The molecule has 6 nitrogen and oxygen atoms in total. The number of halogens is 1. The van der Waals surface area contributed by atoms with Gasteiger partial charge < -0.3 is 5.73 Å². The number of hydrogen-bond acceptors (Lipinski definition) is 4. The van der Waals surface area contributed by atoms with Gasteiger partial charge in [-0.15, -0.1) is 12.4 Å². The summed E-state index contributed by atoms with van der Waals surface area (Å²) >= 11 is 0. The highest BCUT2D eigenvalue weighted by atomic mass is 35.5. The van der Waals surface area contributed by atoms with Crippen molar-refractivity contribution in [2.24, 2.45) is 5.73 Å². The first-order valence-corrected chi connectivity index (χ1v) is 7.11. The molecule has 0 aliphatic rings. The van der Waals surface area contributed by atoms with Crippen LogP contribution in [0.15, 0.2) is 11.1 Å². The number of rotatable bonds is 6. The van der Waals surface area contributed by atoms with Gasteiger partial charge in [-0.3, -0.25) is 5.10 Å². The normalized spacial score (nSPS) is 12.2. The van der Waals surface area contributed by atoms with Gasteiger partial charge in [-0.05, 0) is 19.8 Å². The summed E-state index contributed by atoms with van der Waals surface area (Å²) in [6, 6.07) is 0. The van der Waals surface area contributed by atoms with Gasteiger partial charge in [-0.1, -0.05) is 13.8 Å². The average Bonchev–Trinajstić information content (AvgIpc) is 2.73. The lowest BCUT2D eigenvalue weighted by Crippen LogP contribution is -2.49. The van der Waals surface area contributed by atoms with Crippen molar-refractivity contribution in [3.8, 4) is 0 Å². The van der Waals surface area contributed by atoms with Gasteiger partial charge >= 0.3 is 0 Å². The average molecular weight is 297 g/mol. The lowest BCUT2D eigenvalue weighted by Gasteiger charge is -2.26. The standard InChI is InChI=1S/C10H20N4O2S.ClH/c1-4-10(11,5-2)7-13-17(15,16)9-6-12-14-8(9)3;/h6,13H,4-5,7,11H2,1-3H3,(H,12,14);1H. The third-order valence-electron chi connectivity index (χ3n) is 3.10. The fraction of sp³-hybridized carbons (Fsp3) is 0.700. The second kappa shape index (κ2) is 6.51. The van der Waals surface area contributed by atoms with Gasteiger partial charge in [0, 0.05) is 12.1 Å². The highest BCUT2D eigenvalue weighted by Gasteiger charge is 2.25. The van der Waals surface area contributed by atoms with Crippen LogP contribution in [0.2, 0.25) is 0 Å². The molecule has 0 saturated carbocycles. The van der Waals surface area contributed by atoms with E-state index in [-0.39, 0.29) is 23.8 Å². The molecule has 0 bridgehead atoms. The second-order valence-corrected chi connectivity index (χ2v) is 5.99. The number of aryl methyl sites for hydroxylation is 1. The molecule has 0 spiro atoms. The van der Waals surface area contributed by atoms with Crippen molar-refractivity contribution in [2.75, 3.05) is 6.54 Å². The van der Waals surface area contributed by atoms with E-state index in [1.807, 2.05) is 13.8 Å². The Hall–Kier alpha value is -0.630. The molecule has 1 heterocycles. The Morgan fingerprint density at radius 2 is 2.00 bits per heavy atom. The Morgan fingerprint density at radius 3 is 2.39 bits per heavy atom. The molecule has 0 radical (unpaired) electrons. The van der Waals surface area contributed by atoms with Gasteiger partial charge in [0.2, 0.25) is 10.0 Å². The van der Waals surface area contributed by atoms with E-state index >= 15 is 0 Å². The molecule has 0 fully saturated rings. The monoisotopic (exact) mass is 296 g/mol. The van der Waals surface area contributed by atoms with Crippen molar-refractivity contribution >= 4 is 22.4 Å². The highest BCUT2D eigenvalue weighted by molar-refractivity contribution is 7.89. The van der Waals surface area contributed by atoms with E-state index in [1.54, 1.807) is 6.92 Å². The van der Waals surface area contributed by atoms with E-state index in [0.717, 1.165) is 12.8 Å². The smallest absolute Gasteiger partial charge is 0.244 e. The summed E-state index contributed by atoms with van der Waals surface area (Å²) in [5.74, 6) is 0. The Morgan fingerprint density at radius 1 is 1.44 bits per heavy atom. The van der Waals surface area contributed by atoms with Crippen LogP contribution in [0.3, 0.4) is 0 Å². The maximum atomic E-state index is 12.0. The summed E-state index contributed by atoms with van der Waals surface area (Å²) < 4.78 is 26.5. The molecule has 0 unspecified atom stereocenters. The Labute approximate surface area is 114 Å². The van der Waals surface area contributed by atoms with Crippen molar-refractivity contribution in [3.05, 3.63) is 11.9 Å². The summed E-state index contributed by atoms with van der Waals surface area (Å²) in [6.45, 7) is 5.78. The van der Waals surface area contributed by atoms with Crippen LogP contribution in [0.25, 0.3) is 0 Å². The van der Waals surface area contributed by atoms with E-state index in [9.17, 15) is 8.42 Å². The molecule has 0 aliphatic carbocycles. The van der Waals surface area contributed by atoms with Crippen LogP contribution in [-0.4, -0.2) is 30.7 Å². The summed E-state index contributed by atoms with van der Waals surface area (Å²) in [5, 5.41) is 6.30. The molecule has 0 atom stereocenters. The molecule has 0 amide bonds. The minimum atomic E-state index is -3.52. The summed E-state index contributed by atoms with van der Waals surface area (Å²) in [4.78, 5) is 0.173. The summed E-state index contributed by atoms with van der Waals surface area (Å²) in [5.41, 5.74) is 6.07. The fourth-order valence-electron chi connectivity index (χ4n) is 1.43. The van der Waals surface area contributed by atoms with Crippen LogP contribution in [0.4, 0.5) is 0 Å². The van der Waals surface area contributed by atoms with Crippen molar-refractivity contribution in [1.29, 1.82) is 0 Å². The summed E-state index contributed by atoms with van der Waals surface area (Å²) in [6.07, 6.45) is 2.74. The van der Waals surface area contributed by atoms with Gasteiger partial charge in [0.15, 0.2) is 0 Å². The number of aromatic amines is 1. The van der Waals surface area contributed by atoms with Crippen LogP contribution in [0.5, 0.6) is 0 Å². The molecule has 4 N–H and O–H groups in total. The minimum absolute atomic E-state index is 0. The maximum Gasteiger partial charge on any atom is 0.244 e. The van der Waals surface area contributed by atoms with Gasteiger partial charge in [0.1, 0.15) is 4.90 Å². The zero-order chi connectivity index (χ0) is 13.1. The quantitative estimate of drug-likeness (QED) is 0.727. The number of nitrogens with zero attached hydrogens (tertiary/aromatic N) is 1. The van der Waals surface area contributed by atoms with E-state index in [1.165, 1.54) is 6.20 Å². The van der Waals surface area contributed by atoms with Crippen molar-refractivity contribution in [1.82, 2.24) is 14.9 Å². The van der Waals surface area contributed by atoms with Crippen LogP contribution in [0, 0.1) is 6.92 Å². The zero-order valence-corrected chi connectivity index (χ0v) is 12.5. The first-order valence-electron chi connectivity index (χ1n) is 5.63. The molecule has 1 aromatic heterocycles. The molecule has 1 rings (SSSR count). The topological polar surface area (TPSA) is 101 Å². The first kappa shape index (κ1) is 17.4. The van der Waals surface area contributed by atoms with Crippen LogP contribution in [-0.2, 0) is 10.0 Å². The molecular weight excluding hydrogens is 276 g/mol. The number of aromatic nitrogens is 2. The van der Waals surface area contributed by atoms with E-state index in [0.29, 0.717) is 5.69 Å². The zero-order valence-electron chi connectivity index (χ0n) is 10.9. The Balaban J connectivity index is 0.00000289. The van der Waals surface area contributed by atoms with E-state index in [2.05, 4.69) is 14.9 Å². The summed E-state index contributed by atoms with van der Waals surface area (Å²) in [7, 11) is -3.52. The minimum Gasteiger partial charge on any atom is -0.324 e. The largest absolute Gasteiger partial charge is 0.324 e. The molecule has 1 aromatic rings. The molecule has 0 saturated heterocycles. The predicted molar refractivity (Wildman–Crippen MR) is 73.3 cm³/mol. The molecule has 18 heavy (non-hydrogen) atoms. The fourth-order valence-corrected chi connectivity index (χ4v) is 2.70. The van der Waals surface area contributed by atoms with Crippen LogP contribution < -0.4 is 10.5 Å². The highest BCUT2D eigenvalue weighted by Crippen LogP contribution is 2.14. The van der Waals surface area contributed by atoms with Crippen LogP contribution >= 0.6 is 12.4 Å². The Bertz CT molecular complexity index is 468. The SMILES string of the molecule is CCC(N)(CC)CNS(=O)(=O)c1cn[nH]c1C.Cl. The molecule has 8 heteroatoms. The first-order chi connectivity index (χ1) is 7.84. The number of sulfonamides is 1. The van der Waals surface area contributed by atoms with Gasteiger partial charge in [0.05, 0.1) is 11.9 Å². The number of hydrogen-bond donors (Lipinski definition) is 3. The number of nitrogens with one attached hydrogen (secondary N) is 2. The van der Waals surface area contributed by atoms with Gasteiger partial charge in [-0.2, -0.15) is 5.10 Å².